The molecule has 1 aliphatic heterocycles. The molecule has 3 rings (SSSR count). The predicted molar refractivity (Wildman–Crippen MR) is 90.9 cm³/mol. The maximum Gasteiger partial charge on any atom is 0.240 e. The number of aromatic hydroxyl groups is 1. The summed E-state index contributed by atoms with van der Waals surface area (Å²) in [6.07, 6.45) is -2.29. The number of benzene rings is 2. The van der Waals surface area contributed by atoms with Crippen molar-refractivity contribution in [3.8, 4) is 5.75 Å². The van der Waals surface area contributed by atoms with Crippen LogP contribution < -0.4 is 0 Å². The number of fused-ring (bicyclic) bond motifs is 1. The van der Waals surface area contributed by atoms with Gasteiger partial charge in [-0.1, -0.05) is 36.4 Å². The van der Waals surface area contributed by atoms with Crippen LogP contribution in [0, 0.1) is 0 Å². The van der Waals surface area contributed by atoms with E-state index in [0.717, 1.165) is 10.8 Å². The van der Waals surface area contributed by atoms with E-state index < -0.39 is 12.5 Å². The molecule has 0 aliphatic carbocycles. The van der Waals surface area contributed by atoms with Gasteiger partial charge in [-0.3, -0.25) is 4.79 Å². The Morgan fingerprint density at radius 2 is 2.08 bits per heavy atom. The molecule has 4 nitrogen and oxygen atoms in total. The first-order chi connectivity index (χ1) is 12.1. The van der Waals surface area contributed by atoms with Gasteiger partial charge in [0, 0.05) is 24.8 Å². The van der Waals surface area contributed by atoms with E-state index in [0.29, 0.717) is 25.1 Å². The highest BCUT2D eigenvalue weighted by molar-refractivity contribution is 5.89. The average molecular weight is 349 g/mol. The molecule has 2 aromatic carbocycles. The number of carbonyl (C=O) groups is 1. The number of phenols is 1. The Hall–Kier alpha value is -2.21. The topological polar surface area (TPSA) is 49.8 Å². The van der Waals surface area contributed by atoms with Crippen molar-refractivity contribution >= 4 is 16.7 Å². The van der Waals surface area contributed by atoms with Crippen LogP contribution in [0.3, 0.4) is 0 Å². The van der Waals surface area contributed by atoms with Gasteiger partial charge in [0.05, 0.1) is 19.3 Å². The molecule has 6 heteroatoms. The molecule has 1 saturated heterocycles. The lowest BCUT2D eigenvalue weighted by molar-refractivity contribution is -0.141. The van der Waals surface area contributed by atoms with E-state index in [1.165, 1.54) is 4.90 Å². The molecule has 25 heavy (non-hydrogen) atoms. The first-order valence-corrected chi connectivity index (χ1v) is 8.41. The second-order valence-electron chi connectivity index (χ2n) is 6.24. The monoisotopic (exact) mass is 349 g/mol. The fourth-order valence-corrected chi connectivity index (χ4v) is 3.27. The summed E-state index contributed by atoms with van der Waals surface area (Å²) in [5, 5.41) is 12.1. The first kappa shape index (κ1) is 17.6. The van der Waals surface area contributed by atoms with E-state index in [2.05, 4.69) is 0 Å². The molecule has 134 valence electrons. The van der Waals surface area contributed by atoms with Crippen molar-refractivity contribution in [3.63, 3.8) is 0 Å². The Labute approximate surface area is 145 Å². The lowest BCUT2D eigenvalue weighted by atomic mass is 10.0. The molecule has 0 saturated carbocycles. The molecule has 1 heterocycles. The van der Waals surface area contributed by atoms with E-state index in [9.17, 15) is 18.7 Å². The zero-order chi connectivity index (χ0) is 17.8. The zero-order valence-corrected chi connectivity index (χ0v) is 13.8. The fraction of sp³-hybridized carbons (Fsp3) is 0.421. The van der Waals surface area contributed by atoms with Crippen LogP contribution in [0.2, 0.25) is 0 Å². The van der Waals surface area contributed by atoms with Crippen LogP contribution in [0.1, 0.15) is 18.4 Å². The number of rotatable bonds is 5. The van der Waals surface area contributed by atoms with Gasteiger partial charge in [-0.05, 0) is 17.4 Å². The Kier molecular flexibility index (Phi) is 5.48. The first-order valence-electron chi connectivity index (χ1n) is 8.41. The van der Waals surface area contributed by atoms with Crippen LogP contribution in [-0.2, 0) is 16.0 Å². The van der Waals surface area contributed by atoms with E-state index in [-0.39, 0.29) is 31.1 Å². The highest BCUT2D eigenvalue weighted by atomic mass is 19.3. The van der Waals surface area contributed by atoms with Crippen molar-refractivity contribution in [1.82, 2.24) is 4.90 Å². The van der Waals surface area contributed by atoms with E-state index in [4.69, 9.17) is 4.74 Å². The molecule has 0 aromatic heterocycles. The Balaban J connectivity index is 1.68. The van der Waals surface area contributed by atoms with Crippen LogP contribution in [0.4, 0.5) is 8.78 Å². The van der Waals surface area contributed by atoms with Gasteiger partial charge < -0.3 is 14.7 Å². The molecule has 1 aliphatic rings. The lowest BCUT2D eigenvalue weighted by Gasteiger charge is -2.35. The molecule has 1 atom stereocenters. The number of hydrogen-bond donors (Lipinski definition) is 1. The summed E-state index contributed by atoms with van der Waals surface area (Å²) in [7, 11) is 0. The van der Waals surface area contributed by atoms with Crippen LogP contribution in [-0.4, -0.2) is 48.1 Å². The smallest absolute Gasteiger partial charge is 0.240 e. The molecular formula is C19H21F2NO3. The number of hydrogen-bond acceptors (Lipinski definition) is 3. The van der Waals surface area contributed by atoms with Crippen molar-refractivity contribution in [1.29, 1.82) is 0 Å². The molecular weight excluding hydrogens is 328 g/mol. The maximum atomic E-state index is 12.7. The largest absolute Gasteiger partial charge is 0.507 e. The van der Waals surface area contributed by atoms with E-state index >= 15 is 0 Å². The Morgan fingerprint density at radius 3 is 2.88 bits per heavy atom. The van der Waals surface area contributed by atoms with Crippen LogP contribution in [0.5, 0.6) is 5.75 Å². The summed E-state index contributed by atoms with van der Waals surface area (Å²) in [5.74, 6) is -0.00137. The normalized spacial score (nSPS) is 18.0. The van der Waals surface area contributed by atoms with Gasteiger partial charge in [-0.25, -0.2) is 8.78 Å². The molecule has 1 unspecified atom stereocenters. The van der Waals surface area contributed by atoms with E-state index in [1.54, 1.807) is 6.07 Å². The summed E-state index contributed by atoms with van der Waals surface area (Å²) >= 11 is 0. The van der Waals surface area contributed by atoms with Crippen LogP contribution in [0.25, 0.3) is 10.8 Å². The lowest BCUT2D eigenvalue weighted by Crippen LogP contribution is -2.49. The molecule has 0 radical (unpaired) electrons. The second kappa shape index (κ2) is 7.78. The summed E-state index contributed by atoms with van der Waals surface area (Å²) in [5.41, 5.74) is 0.686. The maximum absolute atomic E-state index is 12.7. The summed E-state index contributed by atoms with van der Waals surface area (Å²) < 4.78 is 30.6. The number of amides is 1. The zero-order valence-electron chi connectivity index (χ0n) is 13.8. The third kappa shape index (κ3) is 4.07. The molecule has 2 aromatic rings. The van der Waals surface area contributed by atoms with Crippen molar-refractivity contribution in [2.24, 2.45) is 0 Å². The predicted octanol–water partition coefficient (Wildman–Crippen LogP) is 3.36. The van der Waals surface area contributed by atoms with Crippen molar-refractivity contribution in [3.05, 3.63) is 42.0 Å². The number of nitrogens with zero attached hydrogens (tertiary/aromatic N) is 1. The van der Waals surface area contributed by atoms with Crippen molar-refractivity contribution in [2.45, 2.75) is 31.7 Å². The summed E-state index contributed by atoms with van der Waals surface area (Å²) in [6.45, 7) is 0.851. The van der Waals surface area contributed by atoms with Gasteiger partial charge >= 0.3 is 0 Å². The minimum atomic E-state index is -2.47. The number of aryl methyl sites for hydroxylation is 1. The molecule has 0 spiro atoms. The van der Waals surface area contributed by atoms with Crippen molar-refractivity contribution in [2.75, 3.05) is 19.8 Å². The molecule has 1 fully saturated rings. The number of morpholine rings is 1. The SMILES string of the molecule is O=C(CCc1ccc2ccccc2c1O)N1CCOCC1CC(F)F. The molecule has 1 N–H and O–H groups in total. The Morgan fingerprint density at radius 1 is 1.28 bits per heavy atom. The number of ether oxygens (including phenoxy) is 1. The average Bonchev–Trinajstić information content (AvgIpc) is 2.61. The highest BCUT2D eigenvalue weighted by Gasteiger charge is 2.29. The standard InChI is InChI=1S/C19H21F2NO3/c20-17(21)11-15-12-25-10-9-22(15)18(23)8-7-14-6-5-13-3-1-2-4-16(13)19(14)24/h1-6,15,17,24H,7-12H2. The minimum absolute atomic E-state index is 0.150. The second-order valence-corrected chi connectivity index (χ2v) is 6.24. The third-order valence-corrected chi connectivity index (χ3v) is 4.59. The number of alkyl halides is 2. The van der Waals surface area contributed by atoms with Gasteiger partial charge in [0.2, 0.25) is 12.3 Å². The van der Waals surface area contributed by atoms with Crippen molar-refractivity contribution < 1.29 is 23.4 Å². The minimum Gasteiger partial charge on any atom is -0.507 e. The van der Waals surface area contributed by atoms with Gasteiger partial charge in [0.1, 0.15) is 5.75 Å². The molecule has 0 bridgehead atoms. The molecule has 1 amide bonds. The van der Waals surface area contributed by atoms with Crippen LogP contribution >= 0.6 is 0 Å². The number of carbonyl (C=O) groups excluding carboxylic acids is 1. The summed E-state index contributed by atoms with van der Waals surface area (Å²) in [6, 6.07) is 10.6. The third-order valence-electron chi connectivity index (χ3n) is 4.59. The number of halogens is 2. The quantitative estimate of drug-likeness (QED) is 0.900. The van der Waals surface area contributed by atoms with Gasteiger partial charge in [-0.15, -0.1) is 0 Å². The summed E-state index contributed by atoms with van der Waals surface area (Å²) in [4.78, 5) is 14.0. The van der Waals surface area contributed by atoms with E-state index in [1.807, 2.05) is 30.3 Å². The van der Waals surface area contributed by atoms with Crippen LogP contribution in [0.15, 0.2) is 36.4 Å². The fourth-order valence-electron chi connectivity index (χ4n) is 3.27. The van der Waals surface area contributed by atoms with Gasteiger partial charge in [-0.2, -0.15) is 0 Å². The number of phenolic OH excluding ortho intramolecular Hbond substituents is 1. The highest BCUT2D eigenvalue weighted by Crippen LogP contribution is 2.29. The van der Waals surface area contributed by atoms with Gasteiger partial charge in [0.25, 0.3) is 0 Å². The van der Waals surface area contributed by atoms with Gasteiger partial charge in [0.15, 0.2) is 0 Å². The Bertz CT molecular complexity index is 751.